The van der Waals surface area contributed by atoms with Gasteiger partial charge in [-0.15, -0.1) is 0 Å². The molecule has 0 aromatic heterocycles. The lowest BCUT2D eigenvalue weighted by atomic mass is 10.1. The zero-order valence-electron chi connectivity index (χ0n) is 20.6. The van der Waals surface area contributed by atoms with Crippen LogP contribution in [-0.4, -0.2) is 34.0 Å². The van der Waals surface area contributed by atoms with Crippen molar-refractivity contribution in [2.75, 3.05) is 19.0 Å². The molecule has 9 nitrogen and oxygen atoms in total. The maximum Gasteiger partial charge on any atom is 0.339 e. The highest BCUT2D eigenvalue weighted by Gasteiger charge is 2.22. The molecule has 0 saturated heterocycles. The summed E-state index contributed by atoms with van der Waals surface area (Å²) >= 11 is 1.90. The number of amides is 1. The summed E-state index contributed by atoms with van der Waals surface area (Å²) < 4.78 is 41.8. The molecule has 11 heteroatoms. The van der Waals surface area contributed by atoms with Crippen LogP contribution < -0.4 is 14.2 Å². The molecular weight excluding hydrogens is 623 g/mol. The predicted octanol–water partition coefficient (Wildman–Crippen LogP) is 5.10. The van der Waals surface area contributed by atoms with Crippen molar-refractivity contribution in [3.05, 3.63) is 86.5 Å². The Hall–Kier alpha value is -3.89. The van der Waals surface area contributed by atoms with Crippen molar-refractivity contribution in [1.29, 1.82) is 5.26 Å². The molecule has 0 bridgehead atoms. The molecule has 0 saturated carbocycles. The summed E-state index contributed by atoms with van der Waals surface area (Å²) in [6, 6.07) is 17.1. The number of nitriles is 1. The Morgan fingerprint density at radius 1 is 1.08 bits per heavy atom. The van der Waals surface area contributed by atoms with Crippen LogP contribution in [0.2, 0.25) is 0 Å². The zero-order valence-corrected chi connectivity index (χ0v) is 23.6. The van der Waals surface area contributed by atoms with Crippen LogP contribution in [-0.2, 0) is 19.6 Å². The Balaban J connectivity index is 1.89. The van der Waals surface area contributed by atoms with Crippen LogP contribution >= 0.6 is 22.6 Å². The van der Waals surface area contributed by atoms with E-state index in [-0.39, 0.29) is 28.6 Å². The number of aryl methyl sites for hydroxylation is 1. The predicted molar refractivity (Wildman–Crippen MR) is 149 cm³/mol. The summed E-state index contributed by atoms with van der Waals surface area (Å²) in [6.07, 6.45) is 1.35. The summed E-state index contributed by atoms with van der Waals surface area (Å²) in [4.78, 5) is 24.3. The minimum absolute atomic E-state index is 0.00108. The lowest BCUT2D eigenvalue weighted by molar-refractivity contribution is -0.112. The average Bonchev–Trinajstić information content (AvgIpc) is 2.89. The van der Waals surface area contributed by atoms with Gasteiger partial charge in [0.15, 0.2) is 11.5 Å². The van der Waals surface area contributed by atoms with Gasteiger partial charge in [-0.25, -0.2) is 4.79 Å². The second-order valence-corrected chi connectivity index (χ2v) is 10.5. The summed E-state index contributed by atoms with van der Waals surface area (Å²) in [5, 5.41) is 12.2. The lowest BCUT2D eigenvalue weighted by Gasteiger charge is -2.15. The summed E-state index contributed by atoms with van der Waals surface area (Å²) in [7, 11) is -2.87. The van der Waals surface area contributed by atoms with Crippen molar-refractivity contribution in [2.24, 2.45) is 0 Å². The van der Waals surface area contributed by atoms with Gasteiger partial charge in [-0.05, 0) is 96.6 Å². The molecule has 0 aliphatic carbocycles. The van der Waals surface area contributed by atoms with E-state index in [2.05, 4.69) is 10.1 Å². The molecule has 38 heavy (non-hydrogen) atoms. The van der Waals surface area contributed by atoms with Crippen molar-refractivity contribution in [1.82, 2.24) is 0 Å². The van der Waals surface area contributed by atoms with Crippen molar-refractivity contribution in [2.45, 2.75) is 18.7 Å². The van der Waals surface area contributed by atoms with Gasteiger partial charge in [0.05, 0.1) is 22.9 Å². The third-order valence-electron chi connectivity index (χ3n) is 5.07. The van der Waals surface area contributed by atoms with E-state index in [1.807, 2.05) is 35.6 Å². The van der Waals surface area contributed by atoms with E-state index in [1.54, 1.807) is 25.1 Å². The number of halogens is 1. The monoisotopic (exact) mass is 646 g/mol. The third-order valence-corrected chi connectivity index (χ3v) is 7.11. The van der Waals surface area contributed by atoms with Crippen LogP contribution in [0.15, 0.2) is 71.1 Å². The largest absolute Gasteiger partial charge is 0.490 e. The number of ether oxygens (including phenoxy) is 2. The van der Waals surface area contributed by atoms with Crippen molar-refractivity contribution >= 4 is 56.3 Å². The normalized spacial score (nSPS) is 11.3. The van der Waals surface area contributed by atoms with Crippen molar-refractivity contribution in [3.8, 4) is 17.6 Å². The zero-order chi connectivity index (χ0) is 27.9. The van der Waals surface area contributed by atoms with Crippen LogP contribution in [0.4, 0.5) is 5.69 Å². The number of carbonyl (C=O) groups is 2. The van der Waals surface area contributed by atoms with E-state index in [0.29, 0.717) is 20.4 Å². The number of carbonyl (C=O) groups excluding carboxylic acids is 2. The van der Waals surface area contributed by atoms with E-state index in [0.717, 1.165) is 5.56 Å². The molecule has 1 amide bonds. The van der Waals surface area contributed by atoms with Gasteiger partial charge in [0.25, 0.3) is 5.91 Å². The fourth-order valence-corrected chi connectivity index (χ4v) is 5.04. The molecule has 0 aliphatic rings. The molecule has 0 radical (unpaired) electrons. The molecule has 1 N–H and O–H groups in total. The Kier molecular flexibility index (Phi) is 9.49. The quantitative estimate of drug-likeness (QED) is 0.112. The lowest BCUT2D eigenvalue weighted by Crippen LogP contribution is -2.14. The minimum atomic E-state index is -4.14. The SMILES string of the molecule is CCOc1cc(/C=C(\C#N)C(=O)Nc2ccc(C(=O)OC)cc2)cc(I)c1OS(=O)(=O)c1ccc(C)cc1. The molecular formula is C27H23IN2O7S. The first kappa shape index (κ1) is 28.7. The number of rotatable bonds is 9. The number of hydrogen-bond donors (Lipinski definition) is 1. The summed E-state index contributed by atoms with van der Waals surface area (Å²) in [6.45, 7) is 3.79. The number of hydrogen-bond acceptors (Lipinski definition) is 8. The van der Waals surface area contributed by atoms with Gasteiger partial charge in [0.1, 0.15) is 16.5 Å². The first-order valence-corrected chi connectivity index (χ1v) is 13.7. The topological polar surface area (TPSA) is 132 Å². The molecule has 3 aromatic rings. The Labute approximate surface area is 234 Å². The highest BCUT2D eigenvalue weighted by atomic mass is 127. The fourth-order valence-electron chi connectivity index (χ4n) is 3.20. The van der Waals surface area contributed by atoms with E-state index < -0.39 is 22.0 Å². The van der Waals surface area contributed by atoms with Gasteiger partial charge in [-0.3, -0.25) is 4.79 Å². The van der Waals surface area contributed by atoms with Crippen molar-refractivity contribution in [3.63, 3.8) is 0 Å². The van der Waals surface area contributed by atoms with Crippen LogP contribution in [0, 0.1) is 21.8 Å². The number of nitrogens with one attached hydrogen (secondary N) is 1. The van der Waals surface area contributed by atoms with E-state index in [4.69, 9.17) is 8.92 Å². The second-order valence-electron chi connectivity index (χ2n) is 7.81. The Bertz CT molecular complexity index is 1530. The van der Waals surface area contributed by atoms with E-state index >= 15 is 0 Å². The Morgan fingerprint density at radius 3 is 2.32 bits per heavy atom. The molecule has 0 atom stereocenters. The van der Waals surface area contributed by atoms with Crippen LogP contribution in [0.3, 0.4) is 0 Å². The van der Waals surface area contributed by atoms with E-state index in [1.165, 1.54) is 55.7 Å². The highest BCUT2D eigenvalue weighted by molar-refractivity contribution is 14.1. The first-order chi connectivity index (χ1) is 18.1. The number of anilines is 1. The highest BCUT2D eigenvalue weighted by Crippen LogP contribution is 2.37. The molecule has 0 heterocycles. The van der Waals surface area contributed by atoms with Crippen LogP contribution in [0.5, 0.6) is 11.5 Å². The minimum Gasteiger partial charge on any atom is -0.490 e. The molecule has 0 aliphatic heterocycles. The van der Waals surface area contributed by atoms with E-state index in [9.17, 15) is 23.3 Å². The molecule has 0 fully saturated rings. The maximum atomic E-state index is 12.9. The smallest absolute Gasteiger partial charge is 0.339 e. The number of esters is 1. The second kappa shape index (κ2) is 12.6. The van der Waals surface area contributed by atoms with Gasteiger partial charge in [-0.2, -0.15) is 13.7 Å². The van der Waals surface area contributed by atoms with Crippen LogP contribution in [0.1, 0.15) is 28.4 Å². The molecule has 3 rings (SSSR count). The maximum absolute atomic E-state index is 12.9. The molecule has 0 spiro atoms. The Morgan fingerprint density at radius 2 is 1.74 bits per heavy atom. The molecule has 196 valence electrons. The van der Waals surface area contributed by atoms with Gasteiger partial charge < -0.3 is 19.0 Å². The number of nitrogens with zero attached hydrogens (tertiary/aromatic N) is 1. The van der Waals surface area contributed by atoms with Gasteiger partial charge in [0, 0.05) is 5.69 Å². The summed E-state index contributed by atoms with van der Waals surface area (Å²) in [5.41, 5.74) is 1.80. The average molecular weight is 646 g/mol. The van der Waals surface area contributed by atoms with Gasteiger partial charge in [0.2, 0.25) is 0 Å². The third kappa shape index (κ3) is 7.11. The number of benzene rings is 3. The fraction of sp³-hybridized carbons (Fsp3) is 0.148. The number of methoxy groups -OCH3 is 1. The molecule has 0 unspecified atom stereocenters. The van der Waals surface area contributed by atoms with Crippen molar-refractivity contribution < 1.29 is 31.7 Å². The van der Waals surface area contributed by atoms with Gasteiger partial charge >= 0.3 is 16.1 Å². The molecule has 3 aromatic carbocycles. The standard InChI is InChI=1S/C27H23IN2O7S/c1-4-36-24-15-18(14-23(28)25(24)37-38(33,34)22-11-5-17(2)6-12-22)13-20(16-29)26(31)30-21-9-7-19(8-10-21)27(32)35-3/h5-15H,4H2,1-3H3,(H,30,31)/b20-13+. The summed E-state index contributed by atoms with van der Waals surface area (Å²) in [5.74, 6) is -1.05. The first-order valence-electron chi connectivity index (χ1n) is 11.2. The van der Waals surface area contributed by atoms with Crippen LogP contribution in [0.25, 0.3) is 6.08 Å². The van der Waals surface area contributed by atoms with Gasteiger partial charge in [-0.1, -0.05) is 17.7 Å².